The molecule has 0 spiro atoms. The van der Waals surface area contributed by atoms with Crippen LogP contribution in [-0.4, -0.2) is 44.4 Å². The van der Waals surface area contributed by atoms with E-state index in [9.17, 15) is 8.78 Å². The zero-order valence-corrected chi connectivity index (χ0v) is 12.9. The molecule has 1 atom stereocenters. The van der Waals surface area contributed by atoms with E-state index < -0.39 is 11.6 Å². The summed E-state index contributed by atoms with van der Waals surface area (Å²) in [4.78, 5) is 10.6. The van der Waals surface area contributed by atoms with Crippen LogP contribution >= 0.6 is 0 Å². The van der Waals surface area contributed by atoms with Gasteiger partial charge in [-0.1, -0.05) is 0 Å². The lowest BCUT2D eigenvalue weighted by molar-refractivity contribution is 0.0318. The zero-order valence-electron chi connectivity index (χ0n) is 12.9. The molecule has 24 heavy (non-hydrogen) atoms. The van der Waals surface area contributed by atoms with Crippen molar-refractivity contribution in [3.63, 3.8) is 0 Å². The van der Waals surface area contributed by atoms with Gasteiger partial charge in [0.15, 0.2) is 17.5 Å². The first-order chi connectivity index (χ1) is 11.6. The molecule has 1 aromatic carbocycles. The number of aryl methyl sites for hydroxylation is 1. The molecule has 3 aromatic rings. The second kappa shape index (κ2) is 5.75. The monoisotopic (exact) mass is 332 g/mol. The molecule has 0 amide bonds. The number of fused-ring (bicyclic) bond motifs is 1. The Morgan fingerprint density at radius 1 is 1.21 bits per heavy atom. The Bertz CT molecular complexity index is 899. The molecule has 0 saturated carbocycles. The van der Waals surface area contributed by atoms with Crippen LogP contribution in [0.3, 0.4) is 0 Å². The fraction of sp³-hybridized carbons (Fsp3) is 0.333. The number of hydrogen-bond acceptors (Lipinski definition) is 6. The normalized spacial score (nSPS) is 18.3. The highest BCUT2D eigenvalue weighted by Crippen LogP contribution is 2.25. The lowest BCUT2D eigenvalue weighted by Crippen LogP contribution is -2.39. The van der Waals surface area contributed by atoms with Crippen LogP contribution in [0.25, 0.3) is 11.0 Å². The molecule has 0 N–H and O–H groups in total. The predicted molar refractivity (Wildman–Crippen MR) is 81.4 cm³/mol. The molecule has 1 saturated heterocycles. The maximum absolute atomic E-state index is 13.4. The lowest BCUT2D eigenvalue weighted by atomic mass is 10.2. The van der Waals surface area contributed by atoms with Crippen molar-refractivity contribution in [3.8, 4) is 0 Å². The van der Waals surface area contributed by atoms with Gasteiger partial charge in [-0.3, -0.25) is 4.98 Å². The van der Waals surface area contributed by atoms with Crippen LogP contribution in [0, 0.1) is 11.6 Å². The molecule has 0 bridgehead atoms. The van der Waals surface area contributed by atoms with Crippen LogP contribution in [0.4, 0.5) is 14.6 Å². The first-order valence-corrected chi connectivity index (χ1v) is 7.44. The van der Waals surface area contributed by atoms with E-state index in [-0.39, 0.29) is 6.10 Å². The third kappa shape index (κ3) is 2.56. The third-order valence-corrected chi connectivity index (χ3v) is 4.00. The fourth-order valence-corrected chi connectivity index (χ4v) is 2.75. The number of ether oxygens (including phenoxy) is 1. The molecule has 7 nitrogen and oxygen atoms in total. The SMILES string of the molecule is Cn1cnnc1[C@@H]1CN(c2cnc3cc(F)c(F)cc3n2)CCO1. The average Bonchev–Trinajstić information content (AvgIpc) is 3.02. The maximum Gasteiger partial charge on any atom is 0.163 e. The van der Waals surface area contributed by atoms with Gasteiger partial charge in [0.25, 0.3) is 0 Å². The molecule has 0 unspecified atom stereocenters. The molecule has 1 aliphatic rings. The van der Waals surface area contributed by atoms with Crippen molar-refractivity contribution in [3.05, 3.63) is 42.1 Å². The Balaban J connectivity index is 1.64. The van der Waals surface area contributed by atoms with Gasteiger partial charge in [-0.25, -0.2) is 13.8 Å². The Hall–Kier alpha value is -2.68. The smallest absolute Gasteiger partial charge is 0.163 e. The molecule has 2 aromatic heterocycles. The van der Waals surface area contributed by atoms with Crippen molar-refractivity contribution in [2.75, 3.05) is 24.6 Å². The third-order valence-electron chi connectivity index (χ3n) is 4.00. The van der Waals surface area contributed by atoms with Crippen LogP contribution in [0.2, 0.25) is 0 Å². The number of rotatable bonds is 2. The van der Waals surface area contributed by atoms with Gasteiger partial charge in [-0.05, 0) is 0 Å². The highest BCUT2D eigenvalue weighted by Gasteiger charge is 2.26. The quantitative estimate of drug-likeness (QED) is 0.710. The van der Waals surface area contributed by atoms with E-state index in [1.54, 1.807) is 17.1 Å². The Morgan fingerprint density at radius 3 is 2.75 bits per heavy atom. The summed E-state index contributed by atoms with van der Waals surface area (Å²) in [5.74, 6) is -0.559. The number of hydrogen-bond donors (Lipinski definition) is 0. The lowest BCUT2D eigenvalue weighted by Gasteiger charge is -2.32. The second-order valence-electron chi connectivity index (χ2n) is 5.59. The van der Waals surface area contributed by atoms with Gasteiger partial charge in [0, 0.05) is 25.7 Å². The molecule has 124 valence electrons. The molecule has 9 heteroatoms. The number of nitrogens with zero attached hydrogens (tertiary/aromatic N) is 6. The standard InChI is InChI=1S/C15H14F2N6O/c1-22-8-19-21-15(22)13-7-23(2-3-24-13)14-6-18-11-4-9(16)10(17)5-12(11)20-14/h4-6,8,13H,2-3,7H2,1H3/t13-/m0/s1. The van der Waals surface area contributed by atoms with E-state index >= 15 is 0 Å². The van der Waals surface area contributed by atoms with Crippen molar-refractivity contribution < 1.29 is 13.5 Å². The number of anilines is 1. The van der Waals surface area contributed by atoms with Crippen molar-refractivity contribution >= 4 is 16.9 Å². The number of halogens is 2. The van der Waals surface area contributed by atoms with Gasteiger partial charge in [0.1, 0.15) is 18.2 Å². The Labute approximate surface area is 135 Å². The van der Waals surface area contributed by atoms with Crippen LogP contribution in [0.5, 0.6) is 0 Å². The summed E-state index contributed by atoms with van der Waals surface area (Å²) in [6, 6.07) is 2.10. The van der Waals surface area contributed by atoms with Crippen LogP contribution in [0.1, 0.15) is 11.9 Å². The minimum absolute atomic E-state index is 0.242. The van der Waals surface area contributed by atoms with E-state index in [1.165, 1.54) is 0 Å². The molecule has 3 heterocycles. The van der Waals surface area contributed by atoms with Crippen LogP contribution in [-0.2, 0) is 11.8 Å². The molecule has 0 aliphatic carbocycles. The number of benzene rings is 1. The summed E-state index contributed by atoms with van der Waals surface area (Å²) in [7, 11) is 1.85. The number of morpholine rings is 1. The van der Waals surface area contributed by atoms with Gasteiger partial charge in [-0.2, -0.15) is 0 Å². The van der Waals surface area contributed by atoms with E-state index in [0.717, 1.165) is 18.0 Å². The van der Waals surface area contributed by atoms with Crippen molar-refractivity contribution in [1.82, 2.24) is 24.7 Å². The summed E-state index contributed by atoms with van der Waals surface area (Å²) < 4.78 is 34.2. The van der Waals surface area contributed by atoms with Gasteiger partial charge < -0.3 is 14.2 Å². The summed E-state index contributed by atoms with van der Waals surface area (Å²) >= 11 is 0. The average molecular weight is 332 g/mol. The minimum atomic E-state index is -0.937. The molecular formula is C15H14F2N6O. The van der Waals surface area contributed by atoms with Crippen LogP contribution in [0.15, 0.2) is 24.7 Å². The highest BCUT2D eigenvalue weighted by atomic mass is 19.2. The van der Waals surface area contributed by atoms with Crippen molar-refractivity contribution in [2.24, 2.45) is 7.05 Å². The first-order valence-electron chi connectivity index (χ1n) is 7.44. The van der Waals surface area contributed by atoms with E-state index in [0.29, 0.717) is 36.5 Å². The highest BCUT2D eigenvalue weighted by molar-refractivity contribution is 5.75. The van der Waals surface area contributed by atoms with E-state index in [4.69, 9.17) is 4.74 Å². The van der Waals surface area contributed by atoms with Crippen molar-refractivity contribution in [2.45, 2.75) is 6.10 Å². The van der Waals surface area contributed by atoms with Gasteiger partial charge >= 0.3 is 0 Å². The van der Waals surface area contributed by atoms with E-state index in [1.807, 2.05) is 11.9 Å². The number of aromatic nitrogens is 5. The van der Waals surface area contributed by atoms with Crippen molar-refractivity contribution in [1.29, 1.82) is 0 Å². The van der Waals surface area contributed by atoms with E-state index in [2.05, 4.69) is 20.2 Å². The second-order valence-corrected chi connectivity index (χ2v) is 5.59. The molecule has 1 aliphatic heterocycles. The van der Waals surface area contributed by atoms with Gasteiger partial charge in [0.05, 0.1) is 30.4 Å². The van der Waals surface area contributed by atoms with Gasteiger partial charge in [-0.15, -0.1) is 10.2 Å². The first kappa shape index (κ1) is 14.9. The fourth-order valence-electron chi connectivity index (χ4n) is 2.75. The van der Waals surface area contributed by atoms with Gasteiger partial charge in [0.2, 0.25) is 0 Å². The Morgan fingerprint density at radius 2 is 2.00 bits per heavy atom. The Kier molecular flexibility index (Phi) is 3.57. The predicted octanol–water partition coefficient (Wildman–Crippen LogP) is 1.61. The van der Waals surface area contributed by atoms with Crippen LogP contribution < -0.4 is 4.90 Å². The molecular weight excluding hydrogens is 318 g/mol. The largest absolute Gasteiger partial charge is 0.366 e. The summed E-state index contributed by atoms with van der Waals surface area (Å²) in [5.41, 5.74) is 0.629. The zero-order chi connectivity index (χ0) is 16.7. The minimum Gasteiger partial charge on any atom is -0.366 e. The molecule has 4 rings (SSSR count). The molecule has 0 radical (unpaired) electrons. The molecule has 1 fully saturated rings. The topological polar surface area (TPSA) is 69.0 Å². The summed E-state index contributed by atoms with van der Waals surface area (Å²) in [6.07, 6.45) is 2.93. The summed E-state index contributed by atoms with van der Waals surface area (Å²) in [5, 5.41) is 7.94. The summed E-state index contributed by atoms with van der Waals surface area (Å²) in [6.45, 7) is 1.64. The maximum atomic E-state index is 13.4.